The highest BCUT2D eigenvalue weighted by atomic mass is 31.2. The summed E-state index contributed by atoms with van der Waals surface area (Å²) in [6.45, 7) is 3.46. The number of rotatable bonds is 11. The van der Waals surface area contributed by atoms with Crippen LogP contribution in [0.4, 0.5) is 0 Å². The molecule has 2 N–H and O–H groups in total. The Morgan fingerprint density at radius 2 is 1.22 bits per heavy atom. The summed E-state index contributed by atoms with van der Waals surface area (Å²) in [4.78, 5) is 22.9. The first kappa shape index (κ1) is 22.3. The molecule has 0 aromatic carbocycles. The lowest BCUT2D eigenvalue weighted by Gasteiger charge is -2.01. The fourth-order valence-electron chi connectivity index (χ4n) is 2.37. The molecule has 0 aliphatic rings. The van der Waals surface area contributed by atoms with Crippen LogP contribution in [0.25, 0.3) is 0 Å². The molecule has 6 heteroatoms. The van der Waals surface area contributed by atoms with Gasteiger partial charge in [-0.2, -0.15) is 0 Å². The first-order valence-corrected chi connectivity index (χ1v) is 10.2. The average Bonchev–Trinajstić information content (AvgIpc) is 2.48. The van der Waals surface area contributed by atoms with Gasteiger partial charge in [0.25, 0.3) is 7.82 Å². The number of aryl methyl sites for hydroxylation is 1. The molecule has 0 atom stereocenters. The number of aromatic nitrogens is 1. The van der Waals surface area contributed by atoms with E-state index in [0.29, 0.717) is 0 Å². The van der Waals surface area contributed by atoms with Crippen molar-refractivity contribution in [3.05, 3.63) is 30.6 Å². The van der Waals surface area contributed by atoms with Crippen molar-refractivity contribution in [3.8, 4) is 0 Å². The molecule has 0 saturated carbocycles. The number of hydrogen-bond donors (Lipinski definition) is 2. The van der Waals surface area contributed by atoms with Crippen molar-refractivity contribution in [2.75, 3.05) is 0 Å². The van der Waals surface area contributed by atoms with Crippen molar-refractivity contribution in [1.29, 1.82) is 0 Å². The number of hydrogen-bond acceptors (Lipinski definition) is 2. The third-order valence-electron chi connectivity index (χ3n) is 3.55. The monoisotopic (exact) mass is 345 g/mol. The minimum atomic E-state index is -4.89. The van der Waals surface area contributed by atoms with E-state index in [2.05, 4.69) is 42.1 Å². The van der Waals surface area contributed by atoms with Gasteiger partial charge in [-0.3, -0.25) is 4.57 Å². The zero-order chi connectivity index (χ0) is 17.4. The minimum absolute atomic E-state index is 1.18. The lowest BCUT2D eigenvalue weighted by Crippen LogP contribution is -2.32. The molecule has 0 radical (unpaired) electrons. The van der Waals surface area contributed by atoms with Gasteiger partial charge < -0.3 is 14.7 Å². The van der Waals surface area contributed by atoms with Gasteiger partial charge in [-0.15, -0.1) is 0 Å². The van der Waals surface area contributed by atoms with Crippen LogP contribution in [0, 0.1) is 0 Å². The van der Waals surface area contributed by atoms with Gasteiger partial charge in [-0.1, -0.05) is 64.4 Å². The second-order valence-corrected chi connectivity index (χ2v) is 6.77. The normalized spacial score (nSPS) is 11.0. The van der Waals surface area contributed by atoms with Crippen molar-refractivity contribution in [2.24, 2.45) is 0 Å². The number of unbranched alkanes of at least 4 members (excludes halogenated alkanes) is 9. The molecular weight excluding hydrogens is 313 g/mol. The van der Waals surface area contributed by atoms with Crippen LogP contribution < -0.4 is 9.46 Å². The molecule has 1 aromatic heterocycles. The third kappa shape index (κ3) is 21.3. The Morgan fingerprint density at radius 3 is 1.65 bits per heavy atom. The number of pyridine rings is 1. The fraction of sp³-hybridized carbons (Fsp3) is 0.706. The third-order valence-corrected chi connectivity index (χ3v) is 3.55. The lowest BCUT2D eigenvalue weighted by molar-refractivity contribution is -0.697. The van der Waals surface area contributed by atoms with Crippen LogP contribution in [0.5, 0.6) is 0 Å². The van der Waals surface area contributed by atoms with Gasteiger partial charge >= 0.3 is 0 Å². The lowest BCUT2D eigenvalue weighted by atomic mass is 10.1. The minimum Gasteiger partial charge on any atom is -0.756 e. The van der Waals surface area contributed by atoms with Crippen molar-refractivity contribution >= 4 is 7.82 Å². The van der Waals surface area contributed by atoms with Crippen molar-refractivity contribution in [1.82, 2.24) is 0 Å². The van der Waals surface area contributed by atoms with E-state index < -0.39 is 7.82 Å². The summed E-state index contributed by atoms with van der Waals surface area (Å²) in [5.41, 5.74) is 0. The molecule has 5 nitrogen and oxygen atoms in total. The predicted octanol–water partition coefficient (Wildman–Crippen LogP) is 3.33. The maximum Gasteiger partial charge on any atom is 0.262 e. The standard InChI is InChI=1S/C17H30N.H3O4P/c1-2-3-4-5-6-7-8-9-10-12-15-18-16-13-11-14-17-18;1-5(2,3)4/h11,13-14,16-17H,2-10,12,15H2,1H3;(H3,1,2,3,4)/q+1;/p-1. The molecule has 0 aliphatic heterocycles. The molecule has 0 aliphatic carbocycles. The van der Waals surface area contributed by atoms with Gasteiger partial charge in [0.2, 0.25) is 0 Å². The summed E-state index contributed by atoms with van der Waals surface area (Å²) in [6, 6.07) is 6.29. The maximum atomic E-state index is 8.77. The van der Waals surface area contributed by atoms with E-state index in [9.17, 15) is 0 Å². The maximum absolute atomic E-state index is 8.77. The van der Waals surface area contributed by atoms with Crippen LogP contribution >= 0.6 is 7.82 Å². The van der Waals surface area contributed by atoms with Gasteiger partial charge in [0.1, 0.15) is 6.54 Å². The Labute approximate surface area is 140 Å². The van der Waals surface area contributed by atoms with Crippen molar-refractivity contribution in [3.63, 3.8) is 0 Å². The summed E-state index contributed by atoms with van der Waals surface area (Å²) in [6.07, 6.45) is 18.5. The summed E-state index contributed by atoms with van der Waals surface area (Å²) in [5.74, 6) is 0. The van der Waals surface area contributed by atoms with Crippen LogP contribution in [-0.2, 0) is 11.1 Å². The van der Waals surface area contributed by atoms with Crippen LogP contribution in [0.2, 0.25) is 0 Å². The van der Waals surface area contributed by atoms with Crippen molar-refractivity contribution < 1.29 is 23.8 Å². The molecule has 23 heavy (non-hydrogen) atoms. The van der Waals surface area contributed by atoms with E-state index in [1.54, 1.807) is 0 Å². The van der Waals surface area contributed by atoms with Gasteiger partial charge in [0, 0.05) is 18.6 Å². The molecule has 0 amide bonds. The van der Waals surface area contributed by atoms with Crippen LogP contribution in [0.1, 0.15) is 71.1 Å². The molecule has 134 valence electrons. The molecule has 0 spiro atoms. The van der Waals surface area contributed by atoms with Gasteiger partial charge in [0.15, 0.2) is 12.4 Å². The first-order chi connectivity index (χ1) is 10.9. The summed E-state index contributed by atoms with van der Waals surface area (Å²) in [5, 5.41) is 0. The Bertz CT molecular complexity index is 400. The molecule has 1 aromatic rings. The first-order valence-electron chi connectivity index (χ1n) is 8.64. The van der Waals surface area contributed by atoms with Crippen molar-refractivity contribution in [2.45, 2.75) is 77.7 Å². The summed E-state index contributed by atoms with van der Waals surface area (Å²) in [7, 11) is -4.89. The highest BCUT2D eigenvalue weighted by molar-refractivity contribution is 7.43. The SMILES string of the molecule is CCCCCCCCCCCC[n+]1ccccc1.O=P([O-])(O)O. The van der Waals surface area contributed by atoms with E-state index >= 15 is 0 Å². The van der Waals surface area contributed by atoms with E-state index in [0.717, 1.165) is 0 Å². The van der Waals surface area contributed by atoms with E-state index in [1.807, 2.05) is 0 Å². The molecule has 0 fully saturated rings. The highest BCUT2D eigenvalue weighted by Crippen LogP contribution is 2.19. The smallest absolute Gasteiger partial charge is 0.262 e. The van der Waals surface area contributed by atoms with Gasteiger partial charge in [-0.25, -0.2) is 4.57 Å². The van der Waals surface area contributed by atoms with E-state index in [1.165, 1.54) is 70.8 Å². The van der Waals surface area contributed by atoms with Crippen LogP contribution in [0.15, 0.2) is 30.6 Å². The Morgan fingerprint density at radius 1 is 0.826 bits per heavy atom. The molecule has 0 saturated heterocycles. The Hall–Kier alpha value is -0.740. The van der Waals surface area contributed by atoms with Gasteiger partial charge in [0.05, 0.1) is 0 Å². The van der Waals surface area contributed by atoms with E-state index in [-0.39, 0.29) is 0 Å². The van der Waals surface area contributed by atoms with E-state index in [4.69, 9.17) is 19.2 Å². The number of phosphoric acid groups is 1. The predicted molar refractivity (Wildman–Crippen MR) is 90.5 cm³/mol. The van der Waals surface area contributed by atoms with Crippen LogP contribution in [0.3, 0.4) is 0 Å². The number of nitrogens with zero attached hydrogens (tertiary/aromatic N) is 1. The molecule has 1 heterocycles. The molecule has 0 bridgehead atoms. The largest absolute Gasteiger partial charge is 0.756 e. The van der Waals surface area contributed by atoms with Gasteiger partial charge in [-0.05, 0) is 6.42 Å². The topological polar surface area (TPSA) is 84.5 Å². The summed E-state index contributed by atoms with van der Waals surface area (Å²) < 4.78 is 11.1. The quantitative estimate of drug-likeness (QED) is 0.366. The van der Waals surface area contributed by atoms with Crippen LogP contribution in [-0.4, -0.2) is 9.79 Å². The fourth-order valence-corrected chi connectivity index (χ4v) is 2.37. The zero-order valence-electron chi connectivity index (χ0n) is 14.3. The second kappa shape index (κ2) is 14.8. The second-order valence-electron chi connectivity index (χ2n) is 5.79. The zero-order valence-corrected chi connectivity index (χ0v) is 15.2. The average molecular weight is 345 g/mol. The Kier molecular flexibility index (Phi) is 14.4. The molecule has 0 unspecified atom stereocenters. The highest BCUT2D eigenvalue weighted by Gasteiger charge is 1.97. The Balaban J connectivity index is 0.000000841. The summed E-state index contributed by atoms with van der Waals surface area (Å²) >= 11 is 0. The molecule has 1 rings (SSSR count). The molecular formula is C17H32NO4P.